The molecule has 0 fully saturated rings. The Hall–Kier alpha value is -2.30. The SMILES string of the molecule is CC.CNC(=O)c1cc2ccc(OC)cc2oc1=O. The van der Waals surface area contributed by atoms with Crippen LogP contribution in [0, 0.1) is 0 Å². The highest BCUT2D eigenvalue weighted by Gasteiger charge is 2.12. The molecule has 0 saturated heterocycles. The van der Waals surface area contributed by atoms with E-state index < -0.39 is 11.5 Å². The van der Waals surface area contributed by atoms with Gasteiger partial charge in [0.25, 0.3) is 5.91 Å². The first-order valence-corrected chi connectivity index (χ1v) is 5.99. The highest BCUT2D eigenvalue weighted by atomic mass is 16.5. The zero-order valence-electron chi connectivity index (χ0n) is 11.4. The molecule has 5 heteroatoms. The molecule has 1 heterocycles. The van der Waals surface area contributed by atoms with Gasteiger partial charge in [-0.25, -0.2) is 4.79 Å². The summed E-state index contributed by atoms with van der Waals surface area (Å²) in [6, 6.07) is 6.56. The zero-order chi connectivity index (χ0) is 14.4. The van der Waals surface area contributed by atoms with Crippen molar-refractivity contribution in [2.45, 2.75) is 13.8 Å². The monoisotopic (exact) mass is 263 g/mol. The summed E-state index contributed by atoms with van der Waals surface area (Å²) in [6.07, 6.45) is 0. The molecule has 0 aliphatic rings. The van der Waals surface area contributed by atoms with Crippen LogP contribution in [-0.4, -0.2) is 20.1 Å². The van der Waals surface area contributed by atoms with Gasteiger partial charge in [0, 0.05) is 18.5 Å². The molecule has 102 valence electrons. The molecular formula is C14H17NO4. The molecule has 5 nitrogen and oxygen atoms in total. The normalized spacial score (nSPS) is 9.47. The summed E-state index contributed by atoms with van der Waals surface area (Å²) < 4.78 is 10.1. The molecule has 0 aliphatic heterocycles. The molecule has 0 atom stereocenters. The van der Waals surface area contributed by atoms with Crippen LogP contribution in [0.2, 0.25) is 0 Å². The first-order chi connectivity index (χ1) is 9.15. The van der Waals surface area contributed by atoms with Crippen molar-refractivity contribution in [1.82, 2.24) is 5.32 Å². The first kappa shape index (κ1) is 14.8. The van der Waals surface area contributed by atoms with Crippen molar-refractivity contribution >= 4 is 16.9 Å². The maximum Gasteiger partial charge on any atom is 0.349 e. The van der Waals surface area contributed by atoms with Gasteiger partial charge < -0.3 is 14.5 Å². The van der Waals surface area contributed by atoms with E-state index in [1.165, 1.54) is 20.2 Å². The maximum absolute atomic E-state index is 11.6. The highest BCUT2D eigenvalue weighted by Crippen LogP contribution is 2.19. The molecular weight excluding hydrogens is 246 g/mol. The van der Waals surface area contributed by atoms with Crippen LogP contribution in [0.1, 0.15) is 24.2 Å². The molecule has 2 aromatic rings. The van der Waals surface area contributed by atoms with Crippen molar-refractivity contribution in [2.24, 2.45) is 0 Å². The number of methoxy groups -OCH3 is 1. The average molecular weight is 263 g/mol. The Morgan fingerprint density at radius 3 is 2.53 bits per heavy atom. The summed E-state index contributed by atoms with van der Waals surface area (Å²) in [5.74, 6) is 0.129. The molecule has 0 aliphatic carbocycles. The fourth-order valence-corrected chi connectivity index (χ4v) is 1.51. The van der Waals surface area contributed by atoms with E-state index >= 15 is 0 Å². The number of fused-ring (bicyclic) bond motifs is 1. The lowest BCUT2D eigenvalue weighted by atomic mass is 10.1. The van der Waals surface area contributed by atoms with Gasteiger partial charge >= 0.3 is 5.63 Å². The van der Waals surface area contributed by atoms with E-state index in [-0.39, 0.29) is 5.56 Å². The maximum atomic E-state index is 11.6. The van der Waals surface area contributed by atoms with Gasteiger partial charge in [-0.1, -0.05) is 13.8 Å². The second-order valence-electron chi connectivity index (χ2n) is 3.43. The fourth-order valence-electron chi connectivity index (χ4n) is 1.51. The van der Waals surface area contributed by atoms with Gasteiger partial charge in [-0.3, -0.25) is 4.79 Å². The third kappa shape index (κ3) is 3.13. The smallest absolute Gasteiger partial charge is 0.349 e. The number of nitrogens with one attached hydrogen (secondary N) is 1. The van der Waals surface area contributed by atoms with Crippen molar-refractivity contribution in [2.75, 3.05) is 14.2 Å². The Bertz CT molecular complexity index is 631. The van der Waals surface area contributed by atoms with Gasteiger partial charge in [0.2, 0.25) is 0 Å². The number of carbonyl (C=O) groups excluding carboxylic acids is 1. The van der Waals surface area contributed by atoms with Gasteiger partial charge in [0.15, 0.2) is 0 Å². The molecule has 1 aromatic carbocycles. The molecule has 1 aromatic heterocycles. The Morgan fingerprint density at radius 2 is 1.95 bits per heavy atom. The van der Waals surface area contributed by atoms with Crippen LogP contribution in [0.15, 0.2) is 33.5 Å². The molecule has 0 radical (unpaired) electrons. The second kappa shape index (κ2) is 6.58. The lowest BCUT2D eigenvalue weighted by Gasteiger charge is -2.03. The van der Waals surface area contributed by atoms with Crippen LogP contribution in [0.5, 0.6) is 5.75 Å². The van der Waals surface area contributed by atoms with Gasteiger partial charge in [-0.05, 0) is 18.2 Å². The molecule has 19 heavy (non-hydrogen) atoms. The Labute approximate surface area is 111 Å². The molecule has 0 unspecified atom stereocenters. The fraction of sp³-hybridized carbons (Fsp3) is 0.286. The second-order valence-corrected chi connectivity index (χ2v) is 3.43. The van der Waals surface area contributed by atoms with Crippen molar-refractivity contribution in [3.05, 3.63) is 40.2 Å². The third-order valence-electron chi connectivity index (χ3n) is 2.41. The summed E-state index contributed by atoms with van der Waals surface area (Å²) in [5.41, 5.74) is -0.280. The summed E-state index contributed by atoms with van der Waals surface area (Å²) in [7, 11) is 2.98. The van der Waals surface area contributed by atoms with Crippen LogP contribution in [-0.2, 0) is 0 Å². The van der Waals surface area contributed by atoms with Crippen LogP contribution in [0.4, 0.5) is 0 Å². The highest BCUT2D eigenvalue weighted by molar-refractivity contribution is 5.96. The van der Waals surface area contributed by atoms with E-state index in [0.717, 1.165) is 0 Å². The standard InChI is InChI=1S/C12H11NO4.C2H6/c1-13-11(14)9-5-7-3-4-8(16-2)6-10(7)17-12(9)15;1-2/h3-6H,1-2H3,(H,13,14);1-2H3. The minimum atomic E-state index is -0.662. The Morgan fingerprint density at radius 1 is 1.26 bits per heavy atom. The third-order valence-corrected chi connectivity index (χ3v) is 2.41. The number of hydrogen-bond donors (Lipinski definition) is 1. The van der Waals surface area contributed by atoms with Crippen molar-refractivity contribution in [3.63, 3.8) is 0 Å². The van der Waals surface area contributed by atoms with Crippen LogP contribution in [0.25, 0.3) is 11.0 Å². The number of rotatable bonds is 2. The number of benzene rings is 1. The summed E-state index contributed by atoms with van der Waals surface area (Å²) in [5, 5.41) is 3.06. The topological polar surface area (TPSA) is 68.5 Å². The summed E-state index contributed by atoms with van der Waals surface area (Å²) in [6.45, 7) is 4.00. The minimum Gasteiger partial charge on any atom is -0.497 e. The Kier molecular flexibility index (Phi) is 5.11. The van der Waals surface area contributed by atoms with E-state index in [0.29, 0.717) is 16.7 Å². The van der Waals surface area contributed by atoms with E-state index in [9.17, 15) is 9.59 Å². The van der Waals surface area contributed by atoms with Gasteiger partial charge in [-0.15, -0.1) is 0 Å². The number of hydrogen-bond acceptors (Lipinski definition) is 4. The van der Waals surface area contributed by atoms with Crippen LogP contribution < -0.4 is 15.7 Å². The van der Waals surface area contributed by atoms with Crippen molar-refractivity contribution < 1.29 is 13.9 Å². The van der Waals surface area contributed by atoms with Crippen LogP contribution >= 0.6 is 0 Å². The van der Waals surface area contributed by atoms with Crippen molar-refractivity contribution in [1.29, 1.82) is 0 Å². The van der Waals surface area contributed by atoms with E-state index in [1.807, 2.05) is 13.8 Å². The van der Waals surface area contributed by atoms with Crippen molar-refractivity contribution in [3.8, 4) is 5.75 Å². The van der Waals surface area contributed by atoms with Gasteiger partial charge in [-0.2, -0.15) is 0 Å². The first-order valence-electron chi connectivity index (χ1n) is 5.99. The predicted octanol–water partition coefficient (Wildman–Crippen LogP) is 2.19. The number of ether oxygens (including phenoxy) is 1. The average Bonchev–Trinajstić information content (AvgIpc) is 2.47. The van der Waals surface area contributed by atoms with Gasteiger partial charge in [0.1, 0.15) is 16.9 Å². The molecule has 2 rings (SSSR count). The molecule has 1 N–H and O–H groups in total. The quantitative estimate of drug-likeness (QED) is 0.843. The lowest BCUT2D eigenvalue weighted by molar-refractivity contribution is 0.0959. The van der Waals surface area contributed by atoms with E-state index in [1.54, 1.807) is 18.2 Å². The molecule has 0 saturated carbocycles. The minimum absolute atomic E-state index is 0.00910. The largest absolute Gasteiger partial charge is 0.497 e. The Balaban J connectivity index is 0.000000861. The molecule has 0 spiro atoms. The summed E-state index contributed by atoms with van der Waals surface area (Å²) in [4.78, 5) is 23.0. The van der Waals surface area contributed by atoms with E-state index in [4.69, 9.17) is 9.15 Å². The number of carbonyl (C=O) groups is 1. The summed E-state index contributed by atoms with van der Waals surface area (Å²) >= 11 is 0. The van der Waals surface area contributed by atoms with E-state index in [2.05, 4.69) is 5.32 Å². The predicted molar refractivity (Wildman–Crippen MR) is 73.8 cm³/mol. The lowest BCUT2D eigenvalue weighted by Crippen LogP contribution is -2.24. The van der Waals surface area contributed by atoms with Crippen LogP contribution in [0.3, 0.4) is 0 Å². The zero-order valence-corrected chi connectivity index (χ0v) is 11.4. The van der Waals surface area contributed by atoms with Gasteiger partial charge in [0.05, 0.1) is 7.11 Å². The molecule has 0 bridgehead atoms. The number of amides is 1. The molecule has 1 amide bonds.